The van der Waals surface area contributed by atoms with Gasteiger partial charge in [-0.15, -0.1) is 0 Å². The Morgan fingerprint density at radius 1 is 0.296 bits per heavy atom. The van der Waals surface area contributed by atoms with Gasteiger partial charge in [0, 0.05) is 25.7 Å². The smallest absolute Gasteiger partial charge is 0.462 e. The van der Waals surface area contributed by atoms with Crippen molar-refractivity contribution in [3.05, 3.63) is 0 Å². The van der Waals surface area contributed by atoms with Crippen LogP contribution in [0.1, 0.15) is 414 Å². The summed E-state index contributed by atoms with van der Waals surface area (Å²) in [5.74, 6) is -0.577. The maximum absolute atomic E-state index is 13.1. The Balaban J connectivity index is 5.25. The minimum Gasteiger partial charge on any atom is -0.462 e. The average molecular weight is 1440 g/mol. The van der Waals surface area contributed by atoms with Crippen molar-refractivity contribution in [1.29, 1.82) is 0 Å². The number of aliphatic hydroxyl groups is 1. The van der Waals surface area contributed by atoms with Crippen molar-refractivity contribution < 1.29 is 80.2 Å². The number of carbonyl (C=O) groups excluding carboxylic acids is 4. The number of hydrogen-bond donors (Lipinski definition) is 3. The second-order valence-electron chi connectivity index (χ2n) is 29.2. The van der Waals surface area contributed by atoms with E-state index in [1.54, 1.807) is 0 Å². The Kier molecular flexibility index (Phi) is 69.3. The molecule has 0 saturated heterocycles. The number of phosphoric ester groups is 2. The normalized spacial score (nSPS) is 14.2. The van der Waals surface area contributed by atoms with Crippen molar-refractivity contribution in [2.24, 2.45) is 11.8 Å². The van der Waals surface area contributed by atoms with E-state index in [0.717, 1.165) is 108 Å². The maximum Gasteiger partial charge on any atom is 0.472 e. The van der Waals surface area contributed by atoms with Crippen molar-refractivity contribution in [2.75, 3.05) is 39.6 Å². The molecule has 582 valence electrons. The van der Waals surface area contributed by atoms with Gasteiger partial charge in [0.05, 0.1) is 26.4 Å². The number of unbranched alkanes of at least 4 members (excludes halogenated alkanes) is 47. The van der Waals surface area contributed by atoms with Crippen molar-refractivity contribution >= 4 is 39.5 Å². The average Bonchev–Trinajstić information content (AvgIpc) is 0.960. The van der Waals surface area contributed by atoms with Gasteiger partial charge in [0.2, 0.25) is 0 Å². The van der Waals surface area contributed by atoms with Crippen LogP contribution in [0.4, 0.5) is 0 Å². The number of carbonyl (C=O) groups is 4. The van der Waals surface area contributed by atoms with Crippen molar-refractivity contribution in [2.45, 2.75) is 432 Å². The van der Waals surface area contributed by atoms with Crippen LogP contribution in [0.15, 0.2) is 0 Å². The highest BCUT2D eigenvalue weighted by molar-refractivity contribution is 7.47. The molecule has 0 aromatic rings. The highest BCUT2D eigenvalue weighted by Crippen LogP contribution is 2.45. The Morgan fingerprint density at radius 3 is 0.776 bits per heavy atom. The molecule has 0 aliphatic heterocycles. The first kappa shape index (κ1) is 96.1. The fraction of sp³-hybridized carbons (Fsp3) is 0.949. The number of esters is 4. The van der Waals surface area contributed by atoms with Crippen molar-refractivity contribution in [3.63, 3.8) is 0 Å². The standard InChI is InChI=1S/C79H154O17P2/c1-7-10-12-14-16-18-20-22-24-27-31-34-38-42-49-55-61-76(81)89-67-74(95-78(83)64-58-52-44-40-36-32-28-25-26-29-33-37-41-47-53-59-71(4)5)69-93-97(85,86)91-65-73(80)66-92-98(87,88)94-70-75(68-90-77(82)62-56-50-46-45-48-54-60-72(6)9-3)96-79(84)63-57-51-43-39-35-30-23-21-19-17-15-13-11-8-2/h71-75,80H,7-70H2,1-6H3,(H,85,86)(H,87,88)/t72?,73-,74-,75-/m1/s1. The summed E-state index contributed by atoms with van der Waals surface area (Å²) in [4.78, 5) is 72.9. The van der Waals surface area contributed by atoms with Crippen molar-refractivity contribution in [1.82, 2.24) is 0 Å². The van der Waals surface area contributed by atoms with E-state index in [-0.39, 0.29) is 25.7 Å². The molecule has 98 heavy (non-hydrogen) atoms. The Hall–Kier alpha value is -1.94. The van der Waals surface area contributed by atoms with Gasteiger partial charge in [0.25, 0.3) is 0 Å². The lowest BCUT2D eigenvalue weighted by Crippen LogP contribution is -2.30. The summed E-state index contributed by atoms with van der Waals surface area (Å²) in [5.41, 5.74) is 0. The van der Waals surface area contributed by atoms with Crippen LogP contribution < -0.4 is 0 Å². The number of phosphoric acid groups is 2. The Bertz CT molecular complexity index is 1890. The molecule has 19 heteroatoms. The predicted octanol–water partition coefficient (Wildman–Crippen LogP) is 23.5. The first-order valence-corrected chi connectivity index (χ1v) is 44.0. The van der Waals surface area contributed by atoms with E-state index in [1.165, 1.54) is 225 Å². The van der Waals surface area contributed by atoms with Crippen LogP contribution in [0.25, 0.3) is 0 Å². The summed E-state index contributed by atoms with van der Waals surface area (Å²) >= 11 is 0. The third-order valence-corrected chi connectivity index (χ3v) is 20.7. The summed E-state index contributed by atoms with van der Waals surface area (Å²) < 4.78 is 68.7. The molecule has 0 saturated carbocycles. The topological polar surface area (TPSA) is 237 Å². The van der Waals surface area contributed by atoms with Gasteiger partial charge in [0.15, 0.2) is 12.2 Å². The van der Waals surface area contributed by atoms with Crippen LogP contribution in [0, 0.1) is 11.8 Å². The van der Waals surface area contributed by atoms with E-state index in [2.05, 4.69) is 41.5 Å². The first-order valence-electron chi connectivity index (χ1n) is 41.0. The number of ether oxygens (including phenoxy) is 4. The molecule has 3 unspecified atom stereocenters. The molecule has 0 aliphatic rings. The van der Waals surface area contributed by atoms with Gasteiger partial charge in [-0.05, 0) is 37.5 Å². The zero-order chi connectivity index (χ0) is 72.1. The van der Waals surface area contributed by atoms with E-state index < -0.39 is 97.5 Å². The van der Waals surface area contributed by atoms with Crippen LogP contribution >= 0.6 is 15.6 Å². The second-order valence-corrected chi connectivity index (χ2v) is 32.1. The van der Waals surface area contributed by atoms with Crippen LogP contribution in [-0.4, -0.2) is 96.7 Å². The summed E-state index contributed by atoms with van der Waals surface area (Å²) in [7, 11) is -9.92. The lowest BCUT2D eigenvalue weighted by Gasteiger charge is -2.21. The molecule has 0 radical (unpaired) electrons. The Labute approximate surface area is 600 Å². The molecule has 17 nitrogen and oxygen atoms in total. The maximum atomic E-state index is 13.1. The van der Waals surface area contributed by atoms with Gasteiger partial charge >= 0.3 is 39.5 Å². The summed E-state index contributed by atoms with van der Waals surface area (Å²) in [6, 6.07) is 0. The highest BCUT2D eigenvalue weighted by Gasteiger charge is 2.30. The van der Waals surface area contributed by atoms with Gasteiger partial charge in [-0.1, -0.05) is 363 Å². The third kappa shape index (κ3) is 71.1. The highest BCUT2D eigenvalue weighted by atomic mass is 31.2. The third-order valence-electron chi connectivity index (χ3n) is 18.8. The molecule has 0 rings (SSSR count). The molecule has 0 bridgehead atoms. The van der Waals surface area contributed by atoms with Gasteiger partial charge in [-0.3, -0.25) is 37.3 Å². The zero-order valence-electron chi connectivity index (χ0n) is 64.1. The molecule has 0 spiro atoms. The van der Waals surface area contributed by atoms with E-state index in [0.29, 0.717) is 25.7 Å². The Morgan fingerprint density at radius 2 is 0.520 bits per heavy atom. The van der Waals surface area contributed by atoms with Gasteiger partial charge < -0.3 is 33.8 Å². The molecule has 0 aliphatic carbocycles. The molecular weight excluding hydrogens is 1280 g/mol. The zero-order valence-corrected chi connectivity index (χ0v) is 65.9. The quantitative estimate of drug-likeness (QED) is 0.0222. The van der Waals surface area contributed by atoms with Gasteiger partial charge in [-0.2, -0.15) is 0 Å². The molecule has 3 N–H and O–H groups in total. The number of hydrogen-bond acceptors (Lipinski definition) is 15. The van der Waals surface area contributed by atoms with E-state index in [9.17, 15) is 43.2 Å². The van der Waals surface area contributed by atoms with Crippen LogP contribution in [0.5, 0.6) is 0 Å². The molecular formula is C79H154O17P2. The fourth-order valence-corrected chi connectivity index (χ4v) is 13.7. The first-order chi connectivity index (χ1) is 47.4. The van der Waals surface area contributed by atoms with Crippen LogP contribution in [-0.2, 0) is 65.4 Å². The van der Waals surface area contributed by atoms with E-state index in [4.69, 9.17) is 37.0 Å². The monoisotopic (exact) mass is 1440 g/mol. The molecule has 0 fully saturated rings. The van der Waals surface area contributed by atoms with Crippen LogP contribution in [0.3, 0.4) is 0 Å². The lowest BCUT2D eigenvalue weighted by atomic mass is 10.00. The fourth-order valence-electron chi connectivity index (χ4n) is 12.2. The minimum atomic E-state index is -4.96. The summed E-state index contributed by atoms with van der Waals surface area (Å²) in [6.45, 7) is 9.61. The molecule has 0 amide bonds. The van der Waals surface area contributed by atoms with Crippen LogP contribution in [0.2, 0.25) is 0 Å². The number of aliphatic hydroxyl groups excluding tert-OH is 1. The van der Waals surface area contributed by atoms with Crippen molar-refractivity contribution in [3.8, 4) is 0 Å². The molecule has 0 aromatic heterocycles. The largest absolute Gasteiger partial charge is 0.472 e. The molecule has 0 aromatic carbocycles. The number of rotatable bonds is 78. The molecule has 0 heterocycles. The second kappa shape index (κ2) is 70.7. The minimum absolute atomic E-state index is 0.107. The van der Waals surface area contributed by atoms with E-state index in [1.807, 2.05) is 0 Å². The SMILES string of the molecule is CCCCCCCCCCCCCCCCCCC(=O)OC[C@H](COP(=O)(O)OC[C@@H](O)COP(=O)(O)OC[C@@H](COC(=O)CCCCCCCCC(C)CC)OC(=O)CCCCCCCCCCCCCCCC)OC(=O)CCCCCCCCCCCCCCCCCC(C)C. The predicted molar refractivity (Wildman–Crippen MR) is 400 cm³/mol. The lowest BCUT2D eigenvalue weighted by molar-refractivity contribution is -0.161. The van der Waals surface area contributed by atoms with Gasteiger partial charge in [0.1, 0.15) is 19.3 Å². The van der Waals surface area contributed by atoms with Gasteiger partial charge in [-0.25, -0.2) is 9.13 Å². The molecule has 6 atom stereocenters. The summed E-state index contributed by atoms with van der Waals surface area (Å²) in [6.07, 6.45) is 59.6. The summed E-state index contributed by atoms with van der Waals surface area (Å²) in [5, 5.41) is 10.6. The van der Waals surface area contributed by atoms with E-state index >= 15 is 0 Å².